The van der Waals surface area contributed by atoms with E-state index in [2.05, 4.69) is 13.8 Å². The van der Waals surface area contributed by atoms with Crippen molar-refractivity contribution in [2.45, 2.75) is 88.9 Å². The number of ether oxygens (including phenoxy) is 1. The molecule has 0 amide bonds. The predicted molar refractivity (Wildman–Crippen MR) is 103 cm³/mol. The van der Waals surface area contributed by atoms with E-state index < -0.39 is 17.3 Å². The van der Waals surface area contributed by atoms with Crippen molar-refractivity contribution >= 4 is 5.97 Å². The molecule has 0 bridgehead atoms. The van der Waals surface area contributed by atoms with Crippen LogP contribution in [-0.2, 0) is 9.53 Å². The lowest BCUT2D eigenvalue weighted by atomic mass is 9.42. The van der Waals surface area contributed by atoms with Gasteiger partial charge in [0.25, 0.3) is 0 Å². The van der Waals surface area contributed by atoms with E-state index in [0.29, 0.717) is 19.4 Å². The summed E-state index contributed by atoms with van der Waals surface area (Å²) in [6.45, 7) is 4.80. The number of aliphatic hydroxyl groups excluding tert-OH is 1. The molecule has 0 aromatic carbocycles. The second-order valence-electron chi connectivity index (χ2n) is 10.9. The van der Waals surface area contributed by atoms with Crippen LogP contribution in [0.5, 0.6) is 0 Å². The highest BCUT2D eigenvalue weighted by atomic mass is 16.5. The zero-order valence-electron chi connectivity index (χ0n) is 17.1. The Morgan fingerprint density at radius 1 is 0.964 bits per heavy atom. The first kappa shape index (κ1) is 19.1. The molecule has 0 aromatic rings. The summed E-state index contributed by atoms with van der Waals surface area (Å²) in [4.78, 5) is 11.6. The summed E-state index contributed by atoms with van der Waals surface area (Å²) in [6, 6.07) is 0. The van der Waals surface area contributed by atoms with Gasteiger partial charge in [0.2, 0.25) is 0 Å². The normalized spacial score (nSPS) is 55.8. The van der Waals surface area contributed by atoms with Crippen molar-refractivity contribution < 1.29 is 24.9 Å². The maximum atomic E-state index is 12.1. The van der Waals surface area contributed by atoms with E-state index in [-0.39, 0.29) is 34.6 Å². The van der Waals surface area contributed by atoms with Gasteiger partial charge in [-0.3, -0.25) is 0 Å². The lowest BCUT2D eigenvalue weighted by molar-refractivity contribution is -0.254. The van der Waals surface area contributed by atoms with Gasteiger partial charge >= 0.3 is 5.97 Å². The second-order valence-corrected chi connectivity index (χ2v) is 10.9. The molecule has 4 aliphatic carbocycles. The van der Waals surface area contributed by atoms with Crippen molar-refractivity contribution in [2.24, 2.45) is 28.6 Å². The molecule has 1 aliphatic heterocycles. The third kappa shape index (κ3) is 2.21. The number of fused-ring (bicyclic) bond motifs is 5. The number of carbonyl (C=O) groups is 1. The lowest BCUT2D eigenvalue weighted by Gasteiger charge is -2.66. The van der Waals surface area contributed by atoms with Crippen molar-refractivity contribution in [1.29, 1.82) is 0 Å². The minimum atomic E-state index is -0.817. The topological polar surface area (TPSA) is 87.0 Å². The van der Waals surface area contributed by atoms with Gasteiger partial charge in [-0.2, -0.15) is 0 Å². The number of carbonyl (C=O) groups excluding carboxylic acids is 1. The molecule has 1 heterocycles. The van der Waals surface area contributed by atoms with E-state index in [9.17, 15) is 20.1 Å². The molecule has 28 heavy (non-hydrogen) atoms. The van der Waals surface area contributed by atoms with Gasteiger partial charge in [0.15, 0.2) is 0 Å². The Labute approximate surface area is 167 Å². The van der Waals surface area contributed by atoms with Crippen LogP contribution in [0.1, 0.15) is 71.6 Å². The van der Waals surface area contributed by atoms with Crippen LogP contribution in [0.2, 0.25) is 0 Å². The molecule has 0 aromatic heterocycles. The van der Waals surface area contributed by atoms with Gasteiger partial charge in [0.05, 0.1) is 17.3 Å². The van der Waals surface area contributed by atoms with Crippen molar-refractivity contribution in [3.05, 3.63) is 11.6 Å². The quantitative estimate of drug-likeness (QED) is 0.599. The summed E-state index contributed by atoms with van der Waals surface area (Å²) in [6.07, 6.45) is 8.33. The Bertz CT molecular complexity index is 733. The number of rotatable bonds is 1. The van der Waals surface area contributed by atoms with E-state index >= 15 is 0 Å². The summed E-state index contributed by atoms with van der Waals surface area (Å²) in [5, 5.41) is 33.8. The van der Waals surface area contributed by atoms with Crippen LogP contribution >= 0.6 is 0 Å². The molecule has 3 N–H and O–H groups in total. The molecule has 5 heteroatoms. The molecule has 0 spiro atoms. The second kappa shape index (κ2) is 5.83. The Morgan fingerprint density at radius 2 is 1.68 bits per heavy atom. The maximum Gasteiger partial charge on any atom is 0.331 e. The van der Waals surface area contributed by atoms with Crippen molar-refractivity contribution in [1.82, 2.24) is 0 Å². The van der Waals surface area contributed by atoms with Gasteiger partial charge in [0.1, 0.15) is 6.61 Å². The molecule has 5 rings (SSSR count). The fourth-order valence-electron chi connectivity index (χ4n) is 8.38. The Balaban J connectivity index is 1.49. The van der Waals surface area contributed by atoms with Crippen LogP contribution in [0.15, 0.2) is 11.6 Å². The van der Waals surface area contributed by atoms with E-state index in [1.54, 1.807) is 6.08 Å². The Kier molecular flexibility index (Phi) is 3.97. The summed E-state index contributed by atoms with van der Waals surface area (Å²) < 4.78 is 5.18. The molecule has 8 atom stereocenters. The summed E-state index contributed by atoms with van der Waals surface area (Å²) in [5.74, 6) is 0.409. The van der Waals surface area contributed by atoms with Crippen LogP contribution < -0.4 is 0 Å². The highest BCUT2D eigenvalue weighted by molar-refractivity contribution is 5.85. The molecular weight excluding hydrogens is 356 g/mol. The van der Waals surface area contributed by atoms with E-state index in [1.165, 1.54) is 0 Å². The Hall–Kier alpha value is -0.910. The third-order valence-corrected chi connectivity index (χ3v) is 10.1. The fraction of sp³-hybridized carbons (Fsp3) is 0.870. The monoisotopic (exact) mass is 390 g/mol. The molecule has 0 unspecified atom stereocenters. The first-order valence-corrected chi connectivity index (χ1v) is 11.1. The largest absolute Gasteiger partial charge is 0.458 e. The molecule has 0 saturated heterocycles. The van der Waals surface area contributed by atoms with Gasteiger partial charge in [-0.15, -0.1) is 0 Å². The molecule has 156 valence electrons. The first-order valence-electron chi connectivity index (χ1n) is 11.1. The third-order valence-electron chi connectivity index (χ3n) is 10.1. The first-order chi connectivity index (χ1) is 13.1. The van der Waals surface area contributed by atoms with E-state index in [0.717, 1.165) is 50.5 Å². The summed E-state index contributed by atoms with van der Waals surface area (Å²) in [5.41, 5.74) is -0.999. The van der Waals surface area contributed by atoms with Crippen LogP contribution in [0.4, 0.5) is 0 Å². The van der Waals surface area contributed by atoms with E-state index in [1.807, 2.05) is 0 Å². The predicted octanol–water partition coefficient (Wildman–Crippen LogP) is 2.72. The van der Waals surface area contributed by atoms with Crippen molar-refractivity contribution in [3.8, 4) is 0 Å². The highest BCUT2D eigenvalue weighted by Gasteiger charge is 2.70. The molecule has 0 radical (unpaired) electrons. The van der Waals surface area contributed by atoms with Crippen LogP contribution in [-0.4, -0.2) is 45.2 Å². The van der Waals surface area contributed by atoms with Crippen LogP contribution in [0.3, 0.4) is 0 Å². The fourth-order valence-corrected chi connectivity index (χ4v) is 8.38. The number of cyclic esters (lactones) is 1. The standard InChI is InChI=1S/C23H34O5/c1-20-7-3-15(24)12-22(20,26)9-5-18-17(20)4-8-21(2)16(6-10-23(18,21)27)14-11-19(25)28-13-14/h11,15-18,24,26-27H,3-10,12-13H2,1-2H3/t15-,16-,17+,18-,20+,21+,22+,23-/m0/s1. The number of aliphatic hydroxyl groups is 3. The molecule has 4 saturated carbocycles. The lowest BCUT2D eigenvalue weighted by Crippen LogP contribution is -2.67. The van der Waals surface area contributed by atoms with Gasteiger partial charge in [-0.1, -0.05) is 13.8 Å². The minimum absolute atomic E-state index is 0.176. The molecular formula is C23H34O5. The number of hydrogen-bond acceptors (Lipinski definition) is 5. The zero-order chi connectivity index (χ0) is 19.9. The van der Waals surface area contributed by atoms with Gasteiger partial charge in [0, 0.05) is 17.9 Å². The number of esters is 1. The van der Waals surface area contributed by atoms with Gasteiger partial charge in [-0.25, -0.2) is 4.79 Å². The van der Waals surface area contributed by atoms with E-state index in [4.69, 9.17) is 4.74 Å². The van der Waals surface area contributed by atoms with Crippen molar-refractivity contribution in [2.75, 3.05) is 6.61 Å². The van der Waals surface area contributed by atoms with Crippen LogP contribution in [0.25, 0.3) is 0 Å². The van der Waals surface area contributed by atoms with Crippen molar-refractivity contribution in [3.63, 3.8) is 0 Å². The maximum absolute atomic E-state index is 12.1. The average molecular weight is 391 g/mol. The minimum Gasteiger partial charge on any atom is -0.458 e. The Morgan fingerprint density at radius 3 is 2.39 bits per heavy atom. The van der Waals surface area contributed by atoms with Gasteiger partial charge < -0.3 is 20.1 Å². The molecule has 5 nitrogen and oxygen atoms in total. The average Bonchev–Trinajstić information content (AvgIpc) is 3.17. The summed E-state index contributed by atoms with van der Waals surface area (Å²) >= 11 is 0. The van der Waals surface area contributed by atoms with Gasteiger partial charge in [-0.05, 0) is 80.1 Å². The summed E-state index contributed by atoms with van der Waals surface area (Å²) in [7, 11) is 0. The highest BCUT2D eigenvalue weighted by Crippen LogP contribution is 2.70. The smallest absolute Gasteiger partial charge is 0.331 e. The number of hydrogen-bond donors (Lipinski definition) is 3. The molecule has 5 aliphatic rings. The SMILES string of the molecule is C[C@]12CC[C@H](O)C[C@]1(O)CC[C@H]1[C@H]2CC[C@]2(C)[C@H](C3=CC(=O)OC3)CC[C@]12O. The molecule has 4 fully saturated rings. The van der Waals surface area contributed by atoms with Crippen LogP contribution in [0, 0.1) is 28.6 Å². The zero-order valence-corrected chi connectivity index (χ0v) is 17.1.